The van der Waals surface area contributed by atoms with E-state index in [4.69, 9.17) is 11.6 Å². The van der Waals surface area contributed by atoms with Crippen molar-refractivity contribution in [1.82, 2.24) is 9.78 Å². The van der Waals surface area contributed by atoms with E-state index in [-0.39, 0.29) is 5.91 Å². The number of thioether (sulfide) groups is 1. The van der Waals surface area contributed by atoms with Gasteiger partial charge in [-0.25, -0.2) is 4.68 Å². The summed E-state index contributed by atoms with van der Waals surface area (Å²) in [5.74, 6) is -2.85. The quantitative estimate of drug-likeness (QED) is 0.327. The largest absolute Gasteiger partial charge is 0.322 e. The monoisotopic (exact) mass is 455 g/mol. The van der Waals surface area contributed by atoms with Crippen molar-refractivity contribution < 1.29 is 13.6 Å². The van der Waals surface area contributed by atoms with Crippen LogP contribution in [0.2, 0.25) is 5.02 Å². The van der Waals surface area contributed by atoms with Gasteiger partial charge < -0.3 is 5.32 Å². The van der Waals surface area contributed by atoms with Crippen molar-refractivity contribution in [1.29, 1.82) is 0 Å². The average Bonchev–Trinajstić information content (AvgIpc) is 3.22. The molecule has 0 aliphatic rings. The second-order valence-corrected chi connectivity index (χ2v) is 8.04. The van der Waals surface area contributed by atoms with Crippen LogP contribution < -0.4 is 5.32 Å². The SMILES string of the molecule is O=C(Nc1ccc(SC(F)F)cc1)c1cn(-c2ccccc2)nc1-c1ccc(Cl)cc1. The molecule has 0 bridgehead atoms. The van der Waals surface area contributed by atoms with E-state index < -0.39 is 5.76 Å². The van der Waals surface area contributed by atoms with Crippen LogP contribution in [0.15, 0.2) is 90.0 Å². The molecular formula is C23H16ClF2N3OS. The fourth-order valence-corrected chi connectivity index (χ4v) is 3.62. The van der Waals surface area contributed by atoms with Gasteiger partial charge in [-0.2, -0.15) is 13.9 Å². The second kappa shape index (κ2) is 9.32. The van der Waals surface area contributed by atoms with Gasteiger partial charge in [-0.3, -0.25) is 4.79 Å². The molecule has 0 saturated heterocycles. The molecule has 4 rings (SSSR count). The summed E-state index contributed by atoms with van der Waals surface area (Å²) in [6, 6.07) is 22.8. The van der Waals surface area contributed by atoms with E-state index in [1.165, 1.54) is 0 Å². The zero-order valence-corrected chi connectivity index (χ0v) is 17.6. The van der Waals surface area contributed by atoms with Crippen LogP contribution in [-0.4, -0.2) is 21.4 Å². The lowest BCUT2D eigenvalue weighted by molar-refractivity contribution is 0.102. The third kappa shape index (κ3) is 5.13. The summed E-state index contributed by atoms with van der Waals surface area (Å²) in [6.45, 7) is 0. The minimum absolute atomic E-state index is 0.360. The lowest BCUT2D eigenvalue weighted by atomic mass is 10.1. The maximum atomic E-state index is 13.1. The average molecular weight is 456 g/mol. The maximum Gasteiger partial charge on any atom is 0.288 e. The van der Waals surface area contributed by atoms with E-state index in [1.807, 2.05) is 30.3 Å². The maximum absolute atomic E-state index is 13.1. The Morgan fingerprint density at radius 2 is 1.65 bits per heavy atom. The molecule has 1 N–H and O–H groups in total. The molecule has 0 atom stereocenters. The number of anilines is 1. The minimum Gasteiger partial charge on any atom is -0.322 e. The smallest absolute Gasteiger partial charge is 0.288 e. The molecule has 156 valence electrons. The van der Waals surface area contributed by atoms with Gasteiger partial charge in [0.1, 0.15) is 5.69 Å². The molecule has 0 saturated carbocycles. The Bertz CT molecular complexity index is 1180. The van der Waals surface area contributed by atoms with Crippen LogP contribution in [0.4, 0.5) is 14.5 Å². The number of hydrogen-bond acceptors (Lipinski definition) is 3. The van der Waals surface area contributed by atoms with E-state index in [9.17, 15) is 13.6 Å². The number of aromatic nitrogens is 2. The van der Waals surface area contributed by atoms with Gasteiger partial charge in [-0.1, -0.05) is 53.7 Å². The Morgan fingerprint density at radius 1 is 0.968 bits per heavy atom. The first-order chi connectivity index (χ1) is 15.0. The van der Waals surface area contributed by atoms with Crippen molar-refractivity contribution in [3.63, 3.8) is 0 Å². The number of carbonyl (C=O) groups is 1. The molecular weight excluding hydrogens is 440 g/mol. The predicted octanol–water partition coefficient (Wildman–Crippen LogP) is 6.76. The molecule has 4 nitrogen and oxygen atoms in total. The molecule has 0 aliphatic heterocycles. The first-order valence-electron chi connectivity index (χ1n) is 9.27. The fourth-order valence-electron chi connectivity index (χ4n) is 2.99. The van der Waals surface area contributed by atoms with Crippen LogP contribution in [0.3, 0.4) is 0 Å². The Labute approximate surface area is 186 Å². The van der Waals surface area contributed by atoms with Gasteiger partial charge in [0.05, 0.1) is 11.3 Å². The van der Waals surface area contributed by atoms with Crippen LogP contribution in [-0.2, 0) is 0 Å². The zero-order valence-electron chi connectivity index (χ0n) is 16.0. The summed E-state index contributed by atoms with van der Waals surface area (Å²) < 4.78 is 26.6. The highest BCUT2D eigenvalue weighted by molar-refractivity contribution is 7.99. The van der Waals surface area contributed by atoms with Gasteiger partial charge >= 0.3 is 0 Å². The van der Waals surface area contributed by atoms with Gasteiger partial charge in [-0.15, -0.1) is 0 Å². The number of hydrogen-bond donors (Lipinski definition) is 1. The van der Waals surface area contributed by atoms with Crippen molar-refractivity contribution in [2.75, 3.05) is 5.32 Å². The molecule has 31 heavy (non-hydrogen) atoms. The molecule has 0 aliphatic carbocycles. The Balaban J connectivity index is 1.66. The van der Waals surface area contributed by atoms with Crippen LogP contribution in [0.5, 0.6) is 0 Å². The van der Waals surface area contributed by atoms with Crippen LogP contribution in [0.1, 0.15) is 10.4 Å². The molecule has 3 aromatic carbocycles. The van der Waals surface area contributed by atoms with E-state index in [0.717, 1.165) is 11.3 Å². The van der Waals surface area contributed by atoms with Gasteiger partial charge in [0.25, 0.3) is 11.7 Å². The Morgan fingerprint density at radius 3 is 2.29 bits per heavy atom. The number of carbonyl (C=O) groups excluding carboxylic acids is 1. The summed E-state index contributed by atoms with van der Waals surface area (Å²) in [7, 11) is 0. The number of amides is 1. The molecule has 0 radical (unpaired) electrons. The molecule has 1 amide bonds. The number of nitrogens with one attached hydrogen (secondary N) is 1. The standard InChI is InChI=1S/C23H16ClF2N3OS/c24-16-8-6-15(7-9-16)21-20(14-29(28-21)18-4-2-1-3-5-18)22(30)27-17-10-12-19(13-11-17)31-23(25)26/h1-14,23H,(H,27,30). The normalized spacial score (nSPS) is 11.0. The van der Waals surface area contributed by atoms with Crippen LogP contribution in [0, 0.1) is 0 Å². The third-order valence-corrected chi connectivity index (χ3v) is 5.41. The molecule has 4 aromatic rings. The van der Waals surface area contributed by atoms with Gasteiger partial charge in [-0.05, 0) is 48.5 Å². The predicted molar refractivity (Wildman–Crippen MR) is 120 cm³/mol. The minimum atomic E-state index is -2.49. The van der Waals surface area contributed by atoms with Crippen LogP contribution >= 0.6 is 23.4 Å². The van der Waals surface area contributed by atoms with E-state index in [2.05, 4.69) is 10.4 Å². The Hall–Kier alpha value is -3.16. The van der Waals surface area contributed by atoms with E-state index in [0.29, 0.717) is 38.6 Å². The first kappa shape index (κ1) is 21.1. The number of halogens is 3. The molecule has 1 aromatic heterocycles. The third-order valence-electron chi connectivity index (χ3n) is 4.43. The van der Waals surface area contributed by atoms with Crippen molar-refractivity contribution in [3.8, 4) is 16.9 Å². The van der Waals surface area contributed by atoms with Crippen LogP contribution in [0.25, 0.3) is 16.9 Å². The molecule has 1 heterocycles. The molecule has 8 heteroatoms. The van der Waals surface area contributed by atoms with Crippen molar-refractivity contribution in [2.45, 2.75) is 10.7 Å². The number of rotatable bonds is 6. The van der Waals surface area contributed by atoms with Gasteiger partial charge in [0.2, 0.25) is 0 Å². The van der Waals surface area contributed by atoms with E-state index >= 15 is 0 Å². The zero-order chi connectivity index (χ0) is 21.8. The van der Waals surface area contributed by atoms with Crippen molar-refractivity contribution in [3.05, 3.63) is 95.6 Å². The highest BCUT2D eigenvalue weighted by atomic mass is 35.5. The lowest BCUT2D eigenvalue weighted by Gasteiger charge is -2.07. The van der Waals surface area contributed by atoms with Gasteiger partial charge in [0, 0.05) is 27.4 Å². The first-order valence-corrected chi connectivity index (χ1v) is 10.5. The topological polar surface area (TPSA) is 46.9 Å². The van der Waals surface area contributed by atoms with Crippen molar-refractivity contribution >= 4 is 35.0 Å². The lowest BCUT2D eigenvalue weighted by Crippen LogP contribution is -2.12. The van der Waals surface area contributed by atoms with Crippen molar-refractivity contribution in [2.24, 2.45) is 0 Å². The fraction of sp³-hybridized carbons (Fsp3) is 0.0435. The Kier molecular flexibility index (Phi) is 6.34. The number of nitrogens with zero attached hydrogens (tertiary/aromatic N) is 2. The highest BCUT2D eigenvalue weighted by Crippen LogP contribution is 2.28. The molecule has 0 spiro atoms. The summed E-state index contributed by atoms with van der Waals surface area (Å²) in [5, 5.41) is 8.01. The van der Waals surface area contributed by atoms with Gasteiger partial charge in [0.15, 0.2) is 0 Å². The summed E-state index contributed by atoms with van der Waals surface area (Å²) in [5.41, 5.74) is 2.93. The highest BCUT2D eigenvalue weighted by Gasteiger charge is 2.19. The summed E-state index contributed by atoms with van der Waals surface area (Å²) in [6.07, 6.45) is 1.66. The number of benzene rings is 3. The summed E-state index contributed by atoms with van der Waals surface area (Å²) in [4.78, 5) is 13.5. The number of alkyl halides is 2. The molecule has 0 fully saturated rings. The van der Waals surface area contributed by atoms with E-state index in [1.54, 1.807) is 59.4 Å². The second-order valence-electron chi connectivity index (χ2n) is 6.54. The number of para-hydroxylation sites is 1. The molecule has 0 unspecified atom stereocenters. The summed E-state index contributed by atoms with van der Waals surface area (Å²) >= 11 is 6.45.